The zero-order valence-electron chi connectivity index (χ0n) is 11.4. The summed E-state index contributed by atoms with van der Waals surface area (Å²) in [6, 6.07) is -1.76. The SMILES string of the molecule is N[C@@H](CCS(=O)(=O)OCC(F)(F)C(F)(F)C(F)(F)C(F)F)C(=O)O. The summed E-state index contributed by atoms with van der Waals surface area (Å²) in [5.41, 5.74) is 4.90. The zero-order valence-corrected chi connectivity index (χ0v) is 12.2. The summed E-state index contributed by atoms with van der Waals surface area (Å²) >= 11 is 0. The first-order chi connectivity index (χ1) is 10.5. The van der Waals surface area contributed by atoms with Crippen LogP contribution in [0.3, 0.4) is 0 Å². The molecule has 0 saturated heterocycles. The molecular formula is C9H11F8NO5S. The second-order valence-corrected chi connectivity index (χ2v) is 6.22. The van der Waals surface area contributed by atoms with Crippen LogP contribution in [0.5, 0.6) is 0 Å². The summed E-state index contributed by atoms with van der Waals surface area (Å²) in [6.45, 7) is -2.85. The lowest BCUT2D eigenvalue weighted by atomic mass is 10.1. The van der Waals surface area contributed by atoms with E-state index in [9.17, 15) is 48.3 Å². The van der Waals surface area contributed by atoms with Gasteiger partial charge in [0.1, 0.15) is 12.6 Å². The van der Waals surface area contributed by atoms with Gasteiger partial charge in [0.25, 0.3) is 10.1 Å². The van der Waals surface area contributed by atoms with Crippen LogP contribution in [0, 0.1) is 0 Å². The van der Waals surface area contributed by atoms with E-state index in [1.54, 1.807) is 0 Å². The topological polar surface area (TPSA) is 107 Å². The maximum Gasteiger partial charge on any atom is 0.380 e. The van der Waals surface area contributed by atoms with Crippen LogP contribution in [-0.2, 0) is 19.1 Å². The Kier molecular flexibility index (Phi) is 6.97. The molecule has 0 aromatic carbocycles. The number of carbonyl (C=O) groups is 1. The van der Waals surface area contributed by atoms with E-state index >= 15 is 0 Å². The second kappa shape index (κ2) is 7.35. The molecule has 0 aliphatic rings. The van der Waals surface area contributed by atoms with Crippen LogP contribution < -0.4 is 5.73 Å². The Balaban J connectivity index is 5.03. The van der Waals surface area contributed by atoms with Crippen molar-refractivity contribution in [3.05, 3.63) is 0 Å². The average molecular weight is 397 g/mol. The first-order valence-corrected chi connectivity index (χ1v) is 7.33. The van der Waals surface area contributed by atoms with Crippen molar-refractivity contribution in [2.24, 2.45) is 5.73 Å². The van der Waals surface area contributed by atoms with E-state index in [1.807, 2.05) is 0 Å². The fourth-order valence-corrected chi connectivity index (χ4v) is 2.08. The number of aliphatic carboxylic acids is 1. The predicted molar refractivity (Wildman–Crippen MR) is 60.8 cm³/mol. The molecule has 0 aliphatic carbocycles. The number of carboxylic acid groups (broad SMARTS) is 1. The number of rotatable bonds is 10. The monoisotopic (exact) mass is 397 g/mol. The third-order valence-corrected chi connectivity index (χ3v) is 3.78. The molecule has 144 valence electrons. The molecule has 15 heteroatoms. The number of nitrogens with two attached hydrogens (primary N) is 1. The van der Waals surface area contributed by atoms with Crippen molar-refractivity contribution < 1.29 is 57.6 Å². The Bertz CT molecular complexity index is 552. The molecule has 0 radical (unpaired) electrons. The van der Waals surface area contributed by atoms with E-state index < -0.39 is 65.1 Å². The first kappa shape index (κ1) is 22.8. The van der Waals surface area contributed by atoms with E-state index in [0.717, 1.165) is 0 Å². The highest BCUT2D eigenvalue weighted by molar-refractivity contribution is 7.86. The molecule has 0 aromatic rings. The van der Waals surface area contributed by atoms with Gasteiger partial charge in [-0.25, -0.2) is 8.78 Å². The van der Waals surface area contributed by atoms with Crippen LogP contribution in [0.25, 0.3) is 0 Å². The number of hydrogen-bond donors (Lipinski definition) is 2. The first-order valence-electron chi connectivity index (χ1n) is 5.75. The van der Waals surface area contributed by atoms with Crippen molar-refractivity contribution in [1.29, 1.82) is 0 Å². The summed E-state index contributed by atoms with van der Waals surface area (Å²) in [5.74, 6) is -22.0. The summed E-state index contributed by atoms with van der Waals surface area (Å²) in [5, 5.41) is 8.35. The molecule has 0 amide bonds. The molecule has 0 aromatic heterocycles. The molecule has 0 heterocycles. The van der Waals surface area contributed by atoms with Gasteiger partial charge in [-0.05, 0) is 6.42 Å². The number of carboxylic acids is 1. The summed E-state index contributed by atoms with van der Waals surface area (Å²) < 4.78 is 126. The fourth-order valence-electron chi connectivity index (χ4n) is 1.09. The minimum Gasteiger partial charge on any atom is -0.480 e. The lowest BCUT2D eigenvalue weighted by molar-refractivity contribution is -0.342. The van der Waals surface area contributed by atoms with Crippen LogP contribution in [-0.4, -0.2) is 62.1 Å². The molecule has 0 bridgehead atoms. The molecule has 0 spiro atoms. The standard InChI is InChI=1S/C9H11F8NO5S/c10-6(11)8(14,15)9(16,17)7(12,13)3-23-24(21,22)2-1-4(18)5(19)20/h4,6H,1-3,18H2,(H,19,20)/t4-/m0/s1. The molecular weight excluding hydrogens is 386 g/mol. The molecule has 0 aliphatic heterocycles. The van der Waals surface area contributed by atoms with Crippen LogP contribution in [0.4, 0.5) is 35.1 Å². The van der Waals surface area contributed by atoms with Crippen LogP contribution in [0.2, 0.25) is 0 Å². The number of hydrogen-bond acceptors (Lipinski definition) is 5. The molecule has 0 unspecified atom stereocenters. The van der Waals surface area contributed by atoms with Crippen LogP contribution >= 0.6 is 0 Å². The zero-order chi connectivity index (χ0) is 19.6. The molecule has 3 N–H and O–H groups in total. The molecule has 0 rings (SSSR count). The van der Waals surface area contributed by atoms with E-state index in [4.69, 9.17) is 10.8 Å². The maximum absolute atomic E-state index is 13.0. The highest BCUT2D eigenvalue weighted by Crippen LogP contribution is 2.48. The maximum atomic E-state index is 13.0. The van der Waals surface area contributed by atoms with Crippen LogP contribution in [0.15, 0.2) is 0 Å². The fraction of sp³-hybridized carbons (Fsp3) is 0.889. The largest absolute Gasteiger partial charge is 0.480 e. The Morgan fingerprint density at radius 1 is 1.12 bits per heavy atom. The third kappa shape index (κ3) is 5.14. The predicted octanol–water partition coefficient (Wildman–Crippen LogP) is 1.31. The van der Waals surface area contributed by atoms with E-state index in [1.165, 1.54) is 0 Å². The van der Waals surface area contributed by atoms with Crippen molar-refractivity contribution >= 4 is 16.1 Å². The van der Waals surface area contributed by atoms with Gasteiger partial charge in [0.05, 0.1) is 5.75 Å². The van der Waals surface area contributed by atoms with Crippen molar-refractivity contribution in [2.75, 3.05) is 12.4 Å². The molecule has 1 atom stereocenters. The highest BCUT2D eigenvalue weighted by atomic mass is 32.2. The third-order valence-electron chi connectivity index (χ3n) is 2.57. The Hall–Kier alpha value is -1.22. The van der Waals surface area contributed by atoms with E-state index in [2.05, 4.69) is 4.18 Å². The van der Waals surface area contributed by atoms with E-state index in [-0.39, 0.29) is 0 Å². The van der Waals surface area contributed by atoms with Gasteiger partial charge in [0.2, 0.25) is 0 Å². The van der Waals surface area contributed by atoms with Gasteiger partial charge in [0, 0.05) is 0 Å². The van der Waals surface area contributed by atoms with E-state index in [0.29, 0.717) is 0 Å². The second-order valence-electron chi connectivity index (χ2n) is 4.46. The summed E-state index contributed by atoms with van der Waals surface area (Å²) in [7, 11) is -5.06. The summed E-state index contributed by atoms with van der Waals surface area (Å²) in [6.07, 6.45) is -6.02. The van der Waals surface area contributed by atoms with Crippen molar-refractivity contribution in [3.63, 3.8) is 0 Å². The normalized spacial score (nSPS) is 15.6. The van der Waals surface area contributed by atoms with Gasteiger partial charge in [-0.3, -0.25) is 8.98 Å². The molecule has 6 nitrogen and oxygen atoms in total. The molecule has 24 heavy (non-hydrogen) atoms. The quantitative estimate of drug-likeness (QED) is 0.425. The minimum atomic E-state index is -6.61. The van der Waals surface area contributed by atoms with Crippen molar-refractivity contribution in [2.45, 2.75) is 36.7 Å². The highest BCUT2D eigenvalue weighted by Gasteiger charge is 2.75. The van der Waals surface area contributed by atoms with Gasteiger partial charge in [-0.2, -0.15) is 34.8 Å². The van der Waals surface area contributed by atoms with Gasteiger partial charge in [-0.15, -0.1) is 0 Å². The molecule has 0 saturated carbocycles. The van der Waals surface area contributed by atoms with Gasteiger partial charge >= 0.3 is 30.2 Å². The number of halogens is 8. The number of alkyl halides is 8. The average Bonchev–Trinajstić information content (AvgIpc) is 2.42. The van der Waals surface area contributed by atoms with Crippen molar-refractivity contribution in [3.8, 4) is 0 Å². The molecule has 0 fully saturated rings. The van der Waals surface area contributed by atoms with Gasteiger partial charge < -0.3 is 10.8 Å². The Morgan fingerprint density at radius 2 is 1.58 bits per heavy atom. The summed E-state index contributed by atoms with van der Waals surface area (Å²) in [4.78, 5) is 10.3. The van der Waals surface area contributed by atoms with Gasteiger partial charge in [-0.1, -0.05) is 0 Å². The lowest BCUT2D eigenvalue weighted by Crippen LogP contribution is -2.59. The van der Waals surface area contributed by atoms with Gasteiger partial charge in [0.15, 0.2) is 0 Å². The lowest BCUT2D eigenvalue weighted by Gasteiger charge is -2.31. The Morgan fingerprint density at radius 3 is 1.96 bits per heavy atom. The van der Waals surface area contributed by atoms with Crippen molar-refractivity contribution in [1.82, 2.24) is 0 Å². The Labute approximate surface area is 129 Å². The smallest absolute Gasteiger partial charge is 0.380 e. The van der Waals surface area contributed by atoms with Crippen LogP contribution in [0.1, 0.15) is 6.42 Å². The minimum absolute atomic E-state index is 0.868.